The lowest BCUT2D eigenvalue weighted by molar-refractivity contribution is 0.190. The lowest BCUT2D eigenvalue weighted by Crippen LogP contribution is -2.40. The molecule has 0 bridgehead atoms. The number of nitrogens with two attached hydrogens (primary N) is 1. The normalized spacial score (nSPS) is 21.8. The Morgan fingerprint density at radius 2 is 2.29 bits per heavy atom. The molecule has 2 N–H and O–H groups in total. The Kier molecular flexibility index (Phi) is 4.83. The van der Waals surface area contributed by atoms with E-state index in [1.165, 1.54) is 23.5 Å². The molecule has 0 radical (unpaired) electrons. The highest BCUT2D eigenvalue weighted by atomic mass is 32.2. The van der Waals surface area contributed by atoms with Crippen molar-refractivity contribution >= 4 is 11.8 Å². The molecule has 1 aromatic rings. The number of thioether (sulfide) groups is 1. The van der Waals surface area contributed by atoms with Crippen molar-refractivity contribution in [1.29, 1.82) is 0 Å². The van der Waals surface area contributed by atoms with Crippen molar-refractivity contribution in [1.82, 2.24) is 9.88 Å². The predicted molar refractivity (Wildman–Crippen MR) is 74.1 cm³/mol. The summed E-state index contributed by atoms with van der Waals surface area (Å²) in [5.74, 6) is 2.48. The van der Waals surface area contributed by atoms with Gasteiger partial charge in [0.25, 0.3) is 0 Å². The van der Waals surface area contributed by atoms with Crippen LogP contribution in [0.15, 0.2) is 24.5 Å². The smallest absolute Gasteiger partial charge is 0.0512 e. The van der Waals surface area contributed by atoms with Crippen LogP contribution in [0.2, 0.25) is 0 Å². The summed E-state index contributed by atoms with van der Waals surface area (Å²) in [4.78, 5) is 6.73. The first-order chi connectivity index (χ1) is 8.29. The largest absolute Gasteiger partial charge is 0.326 e. The van der Waals surface area contributed by atoms with Gasteiger partial charge in [0.2, 0.25) is 0 Å². The van der Waals surface area contributed by atoms with Gasteiger partial charge < -0.3 is 5.73 Å². The summed E-state index contributed by atoms with van der Waals surface area (Å²) >= 11 is 2.05. The first-order valence-corrected chi connectivity index (χ1v) is 7.42. The lowest BCUT2D eigenvalue weighted by atomic mass is 10.0. The second-order valence-corrected chi connectivity index (χ2v) is 5.82. The van der Waals surface area contributed by atoms with Crippen molar-refractivity contribution in [3.63, 3.8) is 0 Å². The van der Waals surface area contributed by atoms with Crippen molar-refractivity contribution in [3.05, 3.63) is 30.1 Å². The fourth-order valence-corrected chi connectivity index (χ4v) is 3.34. The van der Waals surface area contributed by atoms with Gasteiger partial charge in [-0.1, -0.05) is 6.07 Å². The van der Waals surface area contributed by atoms with E-state index in [4.69, 9.17) is 5.73 Å². The number of hydrogen-bond donors (Lipinski definition) is 1. The van der Waals surface area contributed by atoms with E-state index in [0.29, 0.717) is 6.04 Å². The standard InChI is InChI=1S/C13H21N3S/c1-11(14)13(12-4-2-5-15-10-12)16-6-3-8-17-9-7-16/h2,4-5,10-11,13H,3,6-9,14H2,1H3. The number of nitrogens with zero attached hydrogens (tertiary/aromatic N) is 2. The Bertz CT molecular complexity index is 321. The Hall–Kier alpha value is -0.580. The second-order valence-electron chi connectivity index (χ2n) is 4.59. The molecule has 0 spiro atoms. The molecular weight excluding hydrogens is 230 g/mol. The Morgan fingerprint density at radius 3 is 3.00 bits per heavy atom. The molecule has 94 valence electrons. The molecule has 17 heavy (non-hydrogen) atoms. The fraction of sp³-hybridized carbons (Fsp3) is 0.615. The molecule has 1 fully saturated rings. The molecule has 3 nitrogen and oxygen atoms in total. The van der Waals surface area contributed by atoms with E-state index in [-0.39, 0.29) is 6.04 Å². The minimum atomic E-state index is 0.141. The Balaban J connectivity index is 2.16. The van der Waals surface area contributed by atoms with Gasteiger partial charge in [-0.05, 0) is 37.3 Å². The van der Waals surface area contributed by atoms with Crippen molar-refractivity contribution in [2.24, 2.45) is 5.73 Å². The number of hydrogen-bond acceptors (Lipinski definition) is 4. The van der Waals surface area contributed by atoms with Gasteiger partial charge >= 0.3 is 0 Å². The summed E-state index contributed by atoms with van der Waals surface area (Å²) < 4.78 is 0. The summed E-state index contributed by atoms with van der Waals surface area (Å²) in [7, 11) is 0. The van der Waals surface area contributed by atoms with E-state index in [1.54, 1.807) is 0 Å². The van der Waals surface area contributed by atoms with Crippen molar-refractivity contribution in [2.45, 2.75) is 25.4 Å². The van der Waals surface area contributed by atoms with E-state index in [2.05, 4.69) is 22.9 Å². The molecule has 0 aromatic carbocycles. The van der Waals surface area contributed by atoms with Crippen LogP contribution in [0.25, 0.3) is 0 Å². The molecule has 4 heteroatoms. The van der Waals surface area contributed by atoms with Crippen molar-refractivity contribution < 1.29 is 0 Å². The molecule has 1 aromatic heterocycles. The summed E-state index contributed by atoms with van der Waals surface area (Å²) in [6.45, 7) is 4.37. The second kappa shape index (κ2) is 6.38. The zero-order chi connectivity index (χ0) is 12.1. The highest BCUT2D eigenvalue weighted by Gasteiger charge is 2.24. The third-order valence-electron chi connectivity index (χ3n) is 3.17. The average Bonchev–Trinajstić information content (AvgIpc) is 2.59. The number of rotatable bonds is 3. The summed E-state index contributed by atoms with van der Waals surface area (Å²) in [6, 6.07) is 4.58. The van der Waals surface area contributed by atoms with Crippen LogP contribution in [0.3, 0.4) is 0 Å². The molecule has 1 aliphatic heterocycles. The number of aromatic nitrogens is 1. The highest BCUT2D eigenvalue weighted by Crippen LogP contribution is 2.25. The molecule has 0 amide bonds. The summed E-state index contributed by atoms with van der Waals surface area (Å²) in [5.41, 5.74) is 7.42. The Labute approximate surface area is 108 Å². The van der Waals surface area contributed by atoms with Crippen molar-refractivity contribution in [3.8, 4) is 0 Å². The zero-order valence-corrected chi connectivity index (χ0v) is 11.2. The van der Waals surface area contributed by atoms with Gasteiger partial charge in [0, 0.05) is 30.7 Å². The van der Waals surface area contributed by atoms with Crippen LogP contribution in [0.4, 0.5) is 0 Å². The summed E-state index contributed by atoms with van der Waals surface area (Å²) in [5, 5.41) is 0. The molecule has 2 heterocycles. The maximum absolute atomic E-state index is 6.17. The van der Waals surface area contributed by atoms with Crippen LogP contribution < -0.4 is 5.73 Å². The van der Waals surface area contributed by atoms with Gasteiger partial charge in [-0.15, -0.1) is 0 Å². The quantitative estimate of drug-likeness (QED) is 0.891. The van der Waals surface area contributed by atoms with E-state index in [1.807, 2.05) is 30.2 Å². The topological polar surface area (TPSA) is 42.1 Å². The van der Waals surface area contributed by atoms with Gasteiger partial charge in [0.05, 0.1) is 6.04 Å². The Morgan fingerprint density at radius 1 is 1.41 bits per heavy atom. The van der Waals surface area contributed by atoms with E-state index < -0.39 is 0 Å². The van der Waals surface area contributed by atoms with Crippen molar-refractivity contribution in [2.75, 3.05) is 24.6 Å². The average molecular weight is 251 g/mol. The summed E-state index contributed by atoms with van der Waals surface area (Å²) in [6.07, 6.45) is 5.03. The number of pyridine rings is 1. The van der Waals surface area contributed by atoms with Crippen LogP contribution in [0.5, 0.6) is 0 Å². The zero-order valence-electron chi connectivity index (χ0n) is 10.4. The molecule has 2 rings (SSSR count). The third-order valence-corrected chi connectivity index (χ3v) is 4.22. The SMILES string of the molecule is CC(N)C(c1cccnc1)N1CCCSCC1. The van der Waals surface area contributed by atoms with E-state index in [0.717, 1.165) is 13.1 Å². The molecule has 0 saturated carbocycles. The van der Waals surface area contributed by atoms with Crippen LogP contribution in [-0.2, 0) is 0 Å². The van der Waals surface area contributed by atoms with Gasteiger partial charge in [-0.2, -0.15) is 11.8 Å². The first-order valence-electron chi connectivity index (χ1n) is 6.26. The molecule has 1 aliphatic rings. The van der Waals surface area contributed by atoms with E-state index >= 15 is 0 Å². The molecule has 0 aliphatic carbocycles. The van der Waals surface area contributed by atoms with Gasteiger partial charge in [-0.25, -0.2) is 0 Å². The monoisotopic (exact) mass is 251 g/mol. The fourth-order valence-electron chi connectivity index (χ4n) is 2.44. The first kappa shape index (κ1) is 12.9. The van der Waals surface area contributed by atoms with Gasteiger partial charge in [0.1, 0.15) is 0 Å². The minimum absolute atomic E-state index is 0.141. The van der Waals surface area contributed by atoms with Crippen LogP contribution >= 0.6 is 11.8 Å². The third kappa shape index (κ3) is 3.44. The lowest BCUT2D eigenvalue weighted by Gasteiger charge is -2.33. The predicted octanol–water partition coefficient (Wildman–Crippen LogP) is 1.91. The van der Waals surface area contributed by atoms with Gasteiger partial charge in [0.15, 0.2) is 0 Å². The van der Waals surface area contributed by atoms with E-state index in [9.17, 15) is 0 Å². The maximum atomic E-state index is 6.17. The van der Waals surface area contributed by atoms with Crippen LogP contribution in [0, 0.1) is 0 Å². The highest BCUT2D eigenvalue weighted by molar-refractivity contribution is 7.99. The molecule has 2 atom stereocenters. The maximum Gasteiger partial charge on any atom is 0.0512 e. The minimum Gasteiger partial charge on any atom is -0.326 e. The molecular formula is C13H21N3S. The molecule has 1 saturated heterocycles. The molecule has 2 unspecified atom stereocenters. The van der Waals surface area contributed by atoms with Gasteiger partial charge in [-0.3, -0.25) is 9.88 Å². The van der Waals surface area contributed by atoms with Crippen LogP contribution in [-0.4, -0.2) is 40.5 Å². The van der Waals surface area contributed by atoms with Crippen LogP contribution in [0.1, 0.15) is 24.9 Å².